The van der Waals surface area contributed by atoms with Gasteiger partial charge in [0.05, 0.1) is 6.54 Å². The van der Waals surface area contributed by atoms with E-state index in [9.17, 15) is 9.59 Å². The van der Waals surface area contributed by atoms with Crippen molar-refractivity contribution >= 4 is 11.8 Å². The number of ether oxygens (including phenoxy) is 2. The van der Waals surface area contributed by atoms with Crippen LogP contribution in [-0.2, 0) is 9.53 Å². The Bertz CT molecular complexity index is 601. The summed E-state index contributed by atoms with van der Waals surface area (Å²) in [4.78, 5) is 29.6. The van der Waals surface area contributed by atoms with Gasteiger partial charge in [-0.1, -0.05) is 0 Å². The quantitative estimate of drug-likeness (QED) is 0.886. The lowest BCUT2D eigenvalue weighted by atomic mass is 9.97. The van der Waals surface area contributed by atoms with E-state index in [2.05, 4.69) is 4.98 Å². The van der Waals surface area contributed by atoms with Crippen LogP contribution in [0.3, 0.4) is 0 Å². The number of piperidine rings is 1. The van der Waals surface area contributed by atoms with Crippen LogP contribution >= 0.6 is 0 Å². The SMILES string of the molecule is NC(=O)c1cc(OC2CCCN(C(=O)C3CCOCC3)C2)ccn1. The first-order chi connectivity index (χ1) is 11.6. The molecule has 3 rings (SSSR count). The standard InChI is InChI=1S/C17H23N3O4/c18-16(21)15-10-13(3-6-19-15)24-14-2-1-7-20(11-14)17(22)12-4-8-23-9-5-12/h3,6,10,12,14H,1-2,4-5,7-9,11H2,(H2,18,21). The van der Waals surface area contributed by atoms with E-state index in [0.29, 0.717) is 25.5 Å². The smallest absolute Gasteiger partial charge is 0.267 e. The summed E-state index contributed by atoms with van der Waals surface area (Å²) in [5.74, 6) is 0.253. The van der Waals surface area contributed by atoms with Crippen molar-refractivity contribution in [1.82, 2.24) is 9.88 Å². The zero-order chi connectivity index (χ0) is 16.9. The summed E-state index contributed by atoms with van der Waals surface area (Å²) in [6.45, 7) is 2.68. The van der Waals surface area contributed by atoms with Gasteiger partial charge in [-0.25, -0.2) is 0 Å². The molecule has 2 amide bonds. The van der Waals surface area contributed by atoms with Crippen molar-refractivity contribution in [1.29, 1.82) is 0 Å². The summed E-state index contributed by atoms with van der Waals surface area (Å²) >= 11 is 0. The average Bonchev–Trinajstić information content (AvgIpc) is 2.62. The highest BCUT2D eigenvalue weighted by molar-refractivity contribution is 5.91. The maximum Gasteiger partial charge on any atom is 0.267 e. The predicted molar refractivity (Wildman–Crippen MR) is 86.5 cm³/mol. The number of primary amides is 1. The molecule has 1 unspecified atom stereocenters. The zero-order valence-corrected chi connectivity index (χ0v) is 13.6. The van der Waals surface area contributed by atoms with Gasteiger partial charge in [0.25, 0.3) is 5.91 Å². The molecule has 0 saturated carbocycles. The van der Waals surface area contributed by atoms with Crippen molar-refractivity contribution in [2.24, 2.45) is 11.7 Å². The number of nitrogens with two attached hydrogens (primary N) is 1. The van der Waals surface area contributed by atoms with Crippen LogP contribution in [0.2, 0.25) is 0 Å². The minimum atomic E-state index is -0.583. The average molecular weight is 333 g/mol. The van der Waals surface area contributed by atoms with E-state index in [-0.39, 0.29) is 23.6 Å². The van der Waals surface area contributed by atoms with Gasteiger partial charge in [-0.2, -0.15) is 0 Å². The summed E-state index contributed by atoms with van der Waals surface area (Å²) in [5, 5.41) is 0. The maximum absolute atomic E-state index is 12.6. The van der Waals surface area contributed by atoms with Crippen molar-refractivity contribution < 1.29 is 19.1 Å². The number of hydrogen-bond donors (Lipinski definition) is 1. The Labute approximate surface area is 141 Å². The number of carbonyl (C=O) groups excluding carboxylic acids is 2. The van der Waals surface area contributed by atoms with Crippen LogP contribution in [0, 0.1) is 5.92 Å². The molecular weight excluding hydrogens is 310 g/mol. The van der Waals surface area contributed by atoms with E-state index in [1.54, 1.807) is 12.1 Å². The Morgan fingerprint density at radius 2 is 2.08 bits per heavy atom. The third kappa shape index (κ3) is 4.03. The molecular formula is C17H23N3O4. The Morgan fingerprint density at radius 3 is 2.83 bits per heavy atom. The van der Waals surface area contributed by atoms with Crippen LogP contribution < -0.4 is 10.5 Å². The lowest BCUT2D eigenvalue weighted by Crippen LogP contribution is -2.47. The number of likely N-dealkylation sites (tertiary alicyclic amines) is 1. The molecule has 24 heavy (non-hydrogen) atoms. The molecule has 1 aromatic heterocycles. The second kappa shape index (κ2) is 7.61. The summed E-state index contributed by atoms with van der Waals surface area (Å²) in [6, 6.07) is 3.24. The van der Waals surface area contributed by atoms with E-state index in [4.69, 9.17) is 15.2 Å². The molecule has 130 valence electrons. The predicted octanol–water partition coefficient (Wildman–Crippen LogP) is 0.977. The molecule has 2 aliphatic heterocycles. The van der Waals surface area contributed by atoms with Gasteiger partial charge in [-0.05, 0) is 31.7 Å². The number of hydrogen-bond acceptors (Lipinski definition) is 5. The Hall–Kier alpha value is -2.15. The number of carbonyl (C=O) groups is 2. The van der Waals surface area contributed by atoms with Crippen LogP contribution in [0.25, 0.3) is 0 Å². The summed E-state index contributed by atoms with van der Waals surface area (Å²) in [5.41, 5.74) is 5.42. The van der Waals surface area contributed by atoms with Crippen LogP contribution in [-0.4, -0.2) is 54.1 Å². The maximum atomic E-state index is 12.6. The number of nitrogens with zero attached hydrogens (tertiary/aromatic N) is 2. The van der Waals surface area contributed by atoms with Crippen molar-refractivity contribution in [3.8, 4) is 5.75 Å². The van der Waals surface area contributed by atoms with Crippen molar-refractivity contribution in [2.45, 2.75) is 31.8 Å². The molecule has 0 bridgehead atoms. The van der Waals surface area contributed by atoms with Crippen LogP contribution in [0.1, 0.15) is 36.2 Å². The molecule has 1 atom stereocenters. The van der Waals surface area contributed by atoms with E-state index in [0.717, 1.165) is 32.2 Å². The van der Waals surface area contributed by atoms with E-state index in [1.807, 2.05) is 4.90 Å². The van der Waals surface area contributed by atoms with Gasteiger partial charge in [-0.15, -0.1) is 0 Å². The highest BCUT2D eigenvalue weighted by Crippen LogP contribution is 2.23. The molecule has 3 heterocycles. The highest BCUT2D eigenvalue weighted by atomic mass is 16.5. The minimum Gasteiger partial charge on any atom is -0.488 e. The van der Waals surface area contributed by atoms with E-state index >= 15 is 0 Å². The molecule has 2 saturated heterocycles. The zero-order valence-electron chi connectivity index (χ0n) is 13.6. The van der Waals surface area contributed by atoms with E-state index < -0.39 is 5.91 Å². The van der Waals surface area contributed by atoms with Gasteiger partial charge in [0.2, 0.25) is 5.91 Å². The minimum absolute atomic E-state index is 0.0693. The first-order valence-corrected chi connectivity index (χ1v) is 8.42. The van der Waals surface area contributed by atoms with Crippen LogP contribution in [0.4, 0.5) is 0 Å². The van der Waals surface area contributed by atoms with E-state index in [1.165, 1.54) is 6.20 Å². The Balaban J connectivity index is 1.60. The molecule has 0 aliphatic carbocycles. The fraction of sp³-hybridized carbons (Fsp3) is 0.588. The topological polar surface area (TPSA) is 94.8 Å². The molecule has 2 aliphatic rings. The second-order valence-electron chi connectivity index (χ2n) is 6.29. The van der Waals surface area contributed by atoms with Crippen LogP contribution in [0.5, 0.6) is 5.75 Å². The summed E-state index contributed by atoms with van der Waals surface area (Å²) in [7, 11) is 0. The number of pyridine rings is 1. The van der Waals surface area contributed by atoms with Crippen molar-refractivity contribution in [3.05, 3.63) is 24.0 Å². The fourth-order valence-electron chi connectivity index (χ4n) is 3.25. The first kappa shape index (κ1) is 16.7. The largest absolute Gasteiger partial charge is 0.488 e. The Kier molecular flexibility index (Phi) is 5.30. The van der Waals surface area contributed by atoms with Crippen molar-refractivity contribution in [3.63, 3.8) is 0 Å². The number of amides is 2. The molecule has 7 heteroatoms. The molecule has 2 fully saturated rings. The lowest BCUT2D eigenvalue weighted by Gasteiger charge is -2.35. The highest BCUT2D eigenvalue weighted by Gasteiger charge is 2.30. The molecule has 2 N–H and O–H groups in total. The molecule has 7 nitrogen and oxygen atoms in total. The van der Waals surface area contributed by atoms with Crippen molar-refractivity contribution in [2.75, 3.05) is 26.3 Å². The van der Waals surface area contributed by atoms with Crippen LogP contribution in [0.15, 0.2) is 18.3 Å². The summed E-state index contributed by atoms with van der Waals surface area (Å²) in [6.07, 6.45) is 4.81. The van der Waals surface area contributed by atoms with Gasteiger partial charge in [0.15, 0.2) is 0 Å². The molecule has 0 spiro atoms. The first-order valence-electron chi connectivity index (χ1n) is 8.42. The second-order valence-corrected chi connectivity index (χ2v) is 6.29. The summed E-state index contributed by atoms with van der Waals surface area (Å²) < 4.78 is 11.3. The van der Waals surface area contributed by atoms with Gasteiger partial charge in [0.1, 0.15) is 17.5 Å². The number of rotatable bonds is 4. The van der Waals surface area contributed by atoms with Gasteiger partial charge >= 0.3 is 0 Å². The monoisotopic (exact) mass is 333 g/mol. The molecule has 1 aromatic rings. The normalized spacial score (nSPS) is 22.2. The fourth-order valence-corrected chi connectivity index (χ4v) is 3.25. The number of aromatic nitrogens is 1. The van der Waals surface area contributed by atoms with Gasteiger partial charge in [-0.3, -0.25) is 14.6 Å². The third-order valence-corrected chi connectivity index (χ3v) is 4.55. The van der Waals surface area contributed by atoms with Gasteiger partial charge < -0.3 is 20.1 Å². The molecule has 0 radical (unpaired) electrons. The Morgan fingerprint density at radius 1 is 1.29 bits per heavy atom. The van der Waals surface area contributed by atoms with Gasteiger partial charge in [0, 0.05) is 37.9 Å². The lowest BCUT2D eigenvalue weighted by molar-refractivity contribution is -0.141. The third-order valence-electron chi connectivity index (χ3n) is 4.55. The molecule has 0 aromatic carbocycles.